The minimum Gasteiger partial charge on any atom is -0.505 e. The molecule has 28 heavy (non-hydrogen) atoms. The molecule has 3 N–H and O–H groups in total. The van der Waals surface area contributed by atoms with E-state index in [2.05, 4.69) is 16.4 Å². The number of aliphatic carboxylic acids is 1. The first-order valence-electron chi connectivity index (χ1n) is 8.63. The van der Waals surface area contributed by atoms with E-state index in [4.69, 9.17) is 14.6 Å². The van der Waals surface area contributed by atoms with Crippen LogP contribution < -0.4 is 5.32 Å². The number of carbonyl (C=O) groups is 2. The van der Waals surface area contributed by atoms with Crippen molar-refractivity contribution in [2.24, 2.45) is 0 Å². The van der Waals surface area contributed by atoms with Gasteiger partial charge in [-0.1, -0.05) is 18.2 Å². The molecule has 3 rings (SSSR count). The van der Waals surface area contributed by atoms with E-state index in [1.807, 2.05) is 12.2 Å². The molecule has 1 amide bonds. The second kappa shape index (κ2) is 7.59. The zero-order chi connectivity index (χ0) is 20.3. The van der Waals surface area contributed by atoms with Gasteiger partial charge in [-0.05, 0) is 38.3 Å². The number of nitrogens with zero attached hydrogens (tertiary/aromatic N) is 1. The first-order chi connectivity index (χ1) is 13.3. The number of pyridine rings is 1. The van der Waals surface area contributed by atoms with Crippen molar-refractivity contribution in [1.82, 2.24) is 10.3 Å². The molecule has 0 spiro atoms. The predicted octanol–water partition coefficient (Wildman–Crippen LogP) is 2.84. The van der Waals surface area contributed by atoms with Crippen LogP contribution in [0, 0.1) is 0 Å². The largest absolute Gasteiger partial charge is 0.505 e. The van der Waals surface area contributed by atoms with Gasteiger partial charge in [-0.3, -0.25) is 4.79 Å². The predicted molar refractivity (Wildman–Crippen MR) is 99.8 cm³/mol. The van der Waals surface area contributed by atoms with E-state index >= 15 is 0 Å². The lowest BCUT2D eigenvalue weighted by Crippen LogP contribution is -2.49. The molecule has 0 unspecified atom stereocenters. The number of carboxylic acid groups (broad SMARTS) is 1. The number of rotatable bonds is 5. The van der Waals surface area contributed by atoms with Crippen LogP contribution in [0.3, 0.4) is 0 Å². The van der Waals surface area contributed by atoms with Crippen molar-refractivity contribution < 1.29 is 29.3 Å². The van der Waals surface area contributed by atoms with Crippen molar-refractivity contribution in [3.63, 3.8) is 0 Å². The number of aromatic hydroxyl groups is 1. The molecule has 8 heteroatoms. The van der Waals surface area contributed by atoms with E-state index in [1.165, 1.54) is 38.6 Å². The van der Waals surface area contributed by atoms with Gasteiger partial charge in [0.1, 0.15) is 23.8 Å². The Kier molecular flexibility index (Phi) is 5.21. The van der Waals surface area contributed by atoms with Crippen LogP contribution in [0.25, 0.3) is 5.76 Å². The molecule has 0 saturated heterocycles. The number of aromatic nitrogens is 1. The second-order valence-electron chi connectivity index (χ2n) is 6.84. The van der Waals surface area contributed by atoms with E-state index in [9.17, 15) is 14.7 Å². The Morgan fingerprint density at radius 2 is 2.00 bits per heavy atom. The van der Waals surface area contributed by atoms with Gasteiger partial charge in [-0.25, -0.2) is 9.78 Å². The first-order valence-corrected chi connectivity index (χ1v) is 8.63. The number of ether oxygens (including phenoxy) is 2. The molecule has 1 aromatic heterocycles. The Morgan fingerprint density at radius 3 is 2.64 bits per heavy atom. The number of hydrogen-bond acceptors (Lipinski definition) is 6. The van der Waals surface area contributed by atoms with E-state index in [-0.39, 0.29) is 5.69 Å². The Morgan fingerprint density at radius 1 is 1.25 bits per heavy atom. The lowest BCUT2D eigenvalue weighted by Gasteiger charge is -2.21. The summed E-state index contributed by atoms with van der Waals surface area (Å²) in [5, 5.41) is 21.6. The van der Waals surface area contributed by atoms with Gasteiger partial charge in [0.05, 0.1) is 0 Å². The summed E-state index contributed by atoms with van der Waals surface area (Å²) in [7, 11) is 0. The van der Waals surface area contributed by atoms with Crippen LogP contribution in [-0.2, 0) is 14.3 Å². The molecule has 8 nitrogen and oxygen atoms in total. The van der Waals surface area contributed by atoms with Crippen LogP contribution >= 0.6 is 0 Å². The van der Waals surface area contributed by atoms with E-state index in [0.29, 0.717) is 17.1 Å². The molecular weight excluding hydrogens is 364 g/mol. The molecule has 0 atom stereocenters. The van der Waals surface area contributed by atoms with E-state index < -0.39 is 23.2 Å². The maximum absolute atomic E-state index is 12.2. The minimum atomic E-state index is -1.51. The van der Waals surface area contributed by atoms with Crippen LogP contribution in [0.2, 0.25) is 0 Å². The van der Waals surface area contributed by atoms with Crippen molar-refractivity contribution in [2.45, 2.75) is 32.2 Å². The van der Waals surface area contributed by atoms with E-state index in [0.717, 1.165) is 18.4 Å². The smallest absolute Gasteiger partial charge is 0.328 e. The summed E-state index contributed by atoms with van der Waals surface area (Å²) >= 11 is 0. The number of allylic oxidation sites excluding steroid dienone is 4. The van der Waals surface area contributed by atoms with Crippen molar-refractivity contribution >= 4 is 17.6 Å². The summed E-state index contributed by atoms with van der Waals surface area (Å²) in [6.45, 7) is 2.67. The summed E-state index contributed by atoms with van der Waals surface area (Å²) in [4.78, 5) is 27.3. The summed E-state index contributed by atoms with van der Waals surface area (Å²) in [5.41, 5.74) is -0.401. The van der Waals surface area contributed by atoms with E-state index in [1.54, 1.807) is 0 Å². The number of carboxylic acids is 1. The van der Waals surface area contributed by atoms with Gasteiger partial charge in [0, 0.05) is 11.8 Å². The minimum absolute atomic E-state index is 0.286. The topological polar surface area (TPSA) is 118 Å². The fourth-order valence-electron chi connectivity index (χ4n) is 2.56. The third-order valence-corrected chi connectivity index (χ3v) is 4.23. The average Bonchev–Trinajstić information content (AvgIpc) is 2.68. The van der Waals surface area contributed by atoms with Crippen LogP contribution in [-0.4, -0.2) is 32.6 Å². The highest BCUT2D eigenvalue weighted by Gasteiger charge is 2.31. The van der Waals surface area contributed by atoms with Crippen LogP contribution in [0.4, 0.5) is 0 Å². The third-order valence-electron chi connectivity index (χ3n) is 4.23. The van der Waals surface area contributed by atoms with Crippen LogP contribution in [0.1, 0.15) is 42.7 Å². The number of carbonyl (C=O) groups excluding carboxylic acids is 1. The van der Waals surface area contributed by atoms with Gasteiger partial charge in [-0.2, -0.15) is 0 Å². The van der Waals surface area contributed by atoms with Crippen molar-refractivity contribution in [1.29, 1.82) is 0 Å². The summed E-state index contributed by atoms with van der Waals surface area (Å²) in [6, 6.07) is 1.31. The lowest BCUT2D eigenvalue weighted by molar-refractivity contribution is -0.143. The SMILES string of the molecule is CC(C)(NC(=O)c1ncc(C2=COC=C(C3=CC=CCC3)O2)cc1O)C(=O)O. The average molecular weight is 384 g/mol. The highest BCUT2D eigenvalue weighted by molar-refractivity contribution is 5.98. The molecule has 0 aromatic carbocycles. The fourth-order valence-corrected chi connectivity index (χ4v) is 2.56. The Balaban J connectivity index is 1.76. The zero-order valence-corrected chi connectivity index (χ0v) is 15.4. The summed E-state index contributed by atoms with van der Waals surface area (Å²) in [5.74, 6) is -1.52. The molecule has 0 radical (unpaired) electrons. The quantitative estimate of drug-likeness (QED) is 0.714. The molecule has 2 aliphatic rings. The number of amides is 1. The van der Waals surface area contributed by atoms with Crippen LogP contribution in [0.15, 0.2) is 54.3 Å². The van der Waals surface area contributed by atoms with Gasteiger partial charge < -0.3 is 25.0 Å². The normalized spacial score (nSPS) is 16.1. The lowest BCUT2D eigenvalue weighted by atomic mass is 10.0. The Hall–Kier alpha value is -3.55. The second-order valence-corrected chi connectivity index (χ2v) is 6.84. The van der Waals surface area contributed by atoms with Crippen LogP contribution in [0.5, 0.6) is 5.75 Å². The zero-order valence-electron chi connectivity index (χ0n) is 15.4. The Bertz CT molecular complexity index is 940. The highest BCUT2D eigenvalue weighted by atomic mass is 16.5. The molecular formula is C20H20N2O6. The fraction of sp³-hybridized carbons (Fsp3) is 0.250. The number of nitrogens with one attached hydrogen (secondary N) is 1. The molecule has 0 bridgehead atoms. The molecule has 1 aliphatic heterocycles. The maximum Gasteiger partial charge on any atom is 0.328 e. The molecule has 0 saturated carbocycles. The van der Waals surface area contributed by atoms with Crippen molar-refractivity contribution in [3.8, 4) is 5.75 Å². The molecule has 0 fully saturated rings. The number of hydrogen-bond donors (Lipinski definition) is 3. The summed E-state index contributed by atoms with van der Waals surface area (Å²) < 4.78 is 11.2. The van der Waals surface area contributed by atoms with Gasteiger partial charge in [0.25, 0.3) is 5.91 Å². The molecule has 1 aromatic rings. The van der Waals surface area contributed by atoms with Gasteiger partial charge in [-0.15, -0.1) is 0 Å². The molecule has 146 valence electrons. The Labute approximate surface area is 161 Å². The standard InChI is InChI=1S/C20H20N2O6/c1-20(2,19(25)26)22-18(24)17-14(23)8-13(9-21-17)16-11-27-10-15(28-16)12-6-4-3-5-7-12/h3-4,6,8-11,23H,5,7H2,1-2H3,(H,22,24)(H,25,26). The van der Waals surface area contributed by atoms with Gasteiger partial charge >= 0.3 is 5.97 Å². The third kappa shape index (κ3) is 4.06. The van der Waals surface area contributed by atoms with Crippen molar-refractivity contribution in [2.75, 3.05) is 0 Å². The molecule has 2 heterocycles. The maximum atomic E-state index is 12.2. The van der Waals surface area contributed by atoms with Gasteiger partial charge in [0.2, 0.25) is 0 Å². The van der Waals surface area contributed by atoms with Crippen molar-refractivity contribution in [3.05, 3.63) is 65.6 Å². The molecule has 1 aliphatic carbocycles. The monoisotopic (exact) mass is 384 g/mol. The first kappa shape index (κ1) is 19.2. The van der Waals surface area contributed by atoms with Gasteiger partial charge in [0.15, 0.2) is 17.2 Å². The highest BCUT2D eigenvalue weighted by Crippen LogP contribution is 2.31. The summed E-state index contributed by atoms with van der Waals surface area (Å²) in [6.07, 6.45) is 11.9.